The Labute approximate surface area is 177 Å². The van der Waals surface area contributed by atoms with E-state index in [-0.39, 0.29) is 0 Å². The zero-order valence-corrected chi connectivity index (χ0v) is 17.1. The minimum Gasteiger partial charge on any atom is -0.495 e. The monoisotopic (exact) mass is 423 g/mol. The van der Waals surface area contributed by atoms with E-state index in [4.69, 9.17) is 4.74 Å². The van der Waals surface area contributed by atoms with Gasteiger partial charge in [0.25, 0.3) is 0 Å². The van der Waals surface area contributed by atoms with Gasteiger partial charge in [-0.2, -0.15) is 0 Å². The first-order chi connectivity index (χ1) is 14.7. The summed E-state index contributed by atoms with van der Waals surface area (Å²) in [6, 6.07) is 21.2. The van der Waals surface area contributed by atoms with Crippen molar-refractivity contribution in [2.75, 3.05) is 7.11 Å². The largest absolute Gasteiger partial charge is 0.495 e. The number of thioether (sulfide) groups is 1. The fourth-order valence-corrected chi connectivity index (χ4v) is 4.07. The number of para-hydroxylation sites is 2. The first kappa shape index (κ1) is 20.1. The zero-order chi connectivity index (χ0) is 20.9. The molecule has 152 valence electrons. The van der Waals surface area contributed by atoms with Crippen molar-refractivity contribution < 1.29 is 13.5 Å². The topological polar surface area (TPSA) is 39.9 Å². The van der Waals surface area contributed by atoms with E-state index in [1.165, 1.54) is 23.9 Å². The number of methoxy groups -OCH3 is 1. The Bertz CT molecular complexity index is 1150. The lowest BCUT2D eigenvalue weighted by molar-refractivity contribution is 0.411. The maximum atomic E-state index is 14.1. The standard InChI is InChI=1S/C23H19F2N3OS/c1-29-21-10-6-5-9-20(21)28-22(13-16-7-3-2-4-8-16)26-27-23(28)30-15-17-11-12-18(24)14-19(17)25/h2-12,14H,13,15H2,1H3. The Morgan fingerprint density at radius 3 is 2.47 bits per heavy atom. The van der Waals surface area contributed by atoms with Crippen LogP contribution in [0, 0.1) is 11.6 Å². The lowest BCUT2D eigenvalue weighted by Crippen LogP contribution is -2.05. The highest BCUT2D eigenvalue weighted by Crippen LogP contribution is 2.31. The van der Waals surface area contributed by atoms with Gasteiger partial charge in [-0.05, 0) is 29.3 Å². The Morgan fingerprint density at radius 1 is 0.933 bits per heavy atom. The molecule has 1 aromatic heterocycles. The third kappa shape index (κ3) is 4.36. The van der Waals surface area contributed by atoms with Gasteiger partial charge in [0.2, 0.25) is 0 Å². The van der Waals surface area contributed by atoms with E-state index in [0.717, 1.165) is 23.1 Å². The second kappa shape index (κ2) is 9.09. The van der Waals surface area contributed by atoms with Gasteiger partial charge in [-0.3, -0.25) is 4.57 Å². The average Bonchev–Trinajstić information content (AvgIpc) is 3.16. The highest BCUT2D eigenvalue weighted by atomic mass is 32.2. The maximum Gasteiger partial charge on any atom is 0.196 e. The Morgan fingerprint density at radius 2 is 1.70 bits per heavy atom. The molecule has 7 heteroatoms. The molecule has 0 bridgehead atoms. The van der Waals surface area contributed by atoms with Crippen LogP contribution in [0.5, 0.6) is 5.75 Å². The van der Waals surface area contributed by atoms with Gasteiger partial charge in [-0.15, -0.1) is 10.2 Å². The van der Waals surface area contributed by atoms with E-state index in [0.29, 0.717) is 28.6 Å². The summed E-state index contributed by atoms with van der Waals surface area (Å²) >= 11 is 1.34. The van der Waals surface area contributed by atoms with E-state index < -0.39 is 11.6 Å². The lowest BCUT2D eigenvalue weighted by Gasteiger charge is -2.14. The van der Waals surface area contributed by atoms with Crippen LogP contribution in [0.2, 0.25) is 0 Å². The van der Waals surface area contributed by atoms with Crippen molar-refractivity contribution in [1.82, 2.24) is 14.8 Å². The zero-order valence-electron chi connectivity index (χ0n) is 16.3. The number of benzene rings is 3. The van der Waals surface area contributed by atoms with Gasteiger partial charge in [0.05, 0.1) is 12.8 Å². The average molecular weight is 423 g/mol. The molecular weight excluding hydrogens is 404 g/mol. The smallest absolute Gasteiger partial charge is 0.196 e. The number of hydrogen-bond donors (Lipinski definition) is 0. The summed E-state index contributed by atoms with van der Waals surface area (Å²) < 4.78 is 34.7. The molecule has 0 amide bonds. The van der Waals surface area contributed by atoms with Crippen molar-refractivity contribution in [2.45, 2.75) is 17.3 Å². The molecule has 0 N–H and O–H groups in total. The Kier molecular flexibility index (Phi) is 6.09. The van der Waals surface area contributed by atoms with Gasteiger partial charge < -0.3 is 4.74 Å². The fourth-order valence-electron chi connectivity index (χ4n) is 3.12. The number of nitrogens with zero attached hydrogens (tertiary/aromatic N) is 3. The molecule has 0 radical (unpaired) electrons. The van der Waals surface area contributed by atoms with Gasteiger partial charge in [-0.1, -0.05) is 60.3 Å². The third-order valence-corrected chi connectivity index (χ3v) is 5.58. The van der Waals surface area contributed by atoms with Crippen molar-refractivity contribution >= 4 is 11.8 Å². The van der Waals surface area contributed by atoms with Crippen LogP contribution in [-0.4, -0.2) is 21.9 Å². The minimum absolute atomic E-state index is 0.296. The van der Waals surface area contributed by atoms with Crippen LogP contribution in [-0.2, 0) is 12.2 Å². The molecule has 1 heterocycles. The first-order valence-electron chi connectivity index (χ1n) is 9.34. The molecule has 0 atom stereocenters. The second-order valence-corrected chi connectivity index (χ2v) is 7.54. The highest BCUT2D eigenvalue weighted by Gasteiger charge is 2.18. The van der Waals surface area contributed by atoms with Crippen LogP contribution < -0.4 is 4.74 Å². The van der Waals surface area contributed by atoms with Gasteiger partial charge in [0.1, 0.15) is 23.2 Å². The van der Waals surface area contributed by atoms with E-state index in [9.17, 15) is 8.78 Å². The molecule has 0 aliphatic rings. The molecule has 3 aromatic carbocycles. The highest BCUT2D eigenvalue weighted by molar-refractivity contribution is 7.98. The number of ether oxygens (including phenoxy) is 1. The molecule has 0 fully saturated rings. The molecule has 0 aliphatic heterocycles. The third-order valence-electron chi connectivity index (χ3n) is 4.60. The summed E-state index contributed by atoms with van der Waals surface area (Å²) in [4.78, 5) is 0. The summed E-state index contributed by atoms with van der Waals surface area (Å²) in [5.74, 6) is 0.554. The quantitative estimate of drug-likeness (QED) is 0.371. The van der Waals surface area contributed by atoms with E-state index in [1.54, 1.807) is 7.11 Å². The van der Waals surface area contributed by atoms with Crippen LogP contribution in [0.25, 0.3) is 5.69 Å². The summed E-state index contributed by atoms with van der Waals surface area (Å²) in [6.07, 6.45) is 0.581. The molecular formula is C23H19F2N3OS. The van der Waals surface area contributed by atoms with Gasteiger partial charge in [0, 0.05) is 18.2 Å². The summed E-state index contributed by atoms with van der Waals surface area (Å²) in [5.41, 5.74) is 2.31. The molecule has 30 heavy (non-hydrogen) atoms. The first-order valence-corrected chi connectivity index (χ1v) is 10.3. The molecule has 0 saturated heterocycles. The van der Waals surface area contributed by atoms with Crippen LogP contribution in [0.1, 0.15) is 17.0 Å². The second-order valence-electron chi connectivity index (χ2n) is 6.59. The van der Waals surface area contributed by atoms with Crippen molar-refractivity contribution in [1.29, 1.82) is 0 Å². The Balaban J connectivity index is 1.71. The Hall–Kier alpha value is -3.19. The molecule has 4 aromatic rings. The summed E-state index contributed by atoms with van der Waals surface area (Å²) in [7, 11) is 1.61. The number of hydrogen-bond acceptors (Lipinski definition) is 4. The van der Waals surface area contributed by atoms with Gasteiger partial charge in [0.15, 0.2) is 5.16 Å². The molecule has 0 unspecified atom stereocenters. The number of halogens is 2. The van der Waals surface area contributed by atoms with Gasteiger partial charge in [-0.25, -0.2) is 8.78 Å². The van der Waals surface area contributed by atoms with E-state index in [1.807, 2.05) is 59.2 Å². The summed E-state index contributed by atoms with van der Waals surface area (Å²) in [6.45, 7) is 0. The fraction of sp³-hybridized carbons (Fsp3) is 0.130. The molecule has 0 aliphatic carbocycles. The number of aromatic nitrogens is 3. The maximum absolute atomic E-state index is 14.1. The lowest BCUT2D eigenvalue weighted by atomic mass is 10.1. The predicted octanol–water partition coefficient (Wildman–Crippen LogP) is 5.44. The SMILES string of the molecule is COc1ccccc1-n1c(Cc2ccccc2)nnc1SCc1ccc(F)cc1F. The van der Waals surface area contributed by atoms with Crippen molar-refractivity contribution in [3.05, 3.63) is 101 Å². The van der Waals surface area contributed by atoms with E-state index in [2.05, 4.69) is 10.2 Å². The predicted molar refractivity (Wildman–Crippen MR) is 113 cm³/mol. The molecule has 0 saturated carbocycles. The van der Waals surface area contributed by atoms with Crippen LogP contribution in [0.15, 0.2) is 78.0 Å². The molecule has 4 nitrogen and oxygen atoms in total. The number of rotatable bonds is 7. The van der Waals surface area contributed by atoms with Crippen LogP contribution in [0.3, 0.4) is 0 Å². The normalized spacial score (nSPS) is 10.9. The molecule has 0 spiro atoms. The van der Waals surface area contributed by atoms with Crippen molar-refractivity contribution in [3.8, 4) is 11.4 Å². The summed E-state index contributed by atoms with van der Waals surface area (Å²) in [5, 5.41) is 9.35. The van der Waals surface area contributed by atoms with Crippen molar-refractivity contribution in [3.63, 3.8) is 0 Å². The van der Waals surface area contributed by atoms with Gasteiger partial charge >= 0.3 is 0 Å². The minimum atomic E-state index is -0.594. The van der Waals surface area contributed by atoms with Crippen LogP contribution >= 0.6 is 11.8 Å². The van der Waals surface area contributed by atoms with Crippen LogP contribution in [0.4, 0.5) is 8.78 Å². The molecule has 4 rings (SSSR count). The van der Waals surface area contributed by atoms with E-state index >= 15 is 0 Å². The van der Waals surface area contributed by atoms with Crippen molar-refractivity contribution in [2.24, 2.45) is 0 Å².